The molecule has 0 unspecified atom stereocenters. The molecule has 2 rings (SSSR count). The summed E-state index contributed by atoms with van der Waals surface area (Å²) in [4.78, 5) is 10.4. The molecule has 0 bridgehead atoms. The monoisotopic (exact) mass is 305 g/mol. The van der Waals surface area contributed by atoms with Crippen LogP contribution < -0.4 is 5.32 Å². The van der Waals surface area contributed by atoms with Crippen molar-refractivity contribution in [3.05, 3.63) is 30.0 Å². The van der Waals surface area contributed by atoms with Crippen molar-refractivity contribution in [1.29, 1.82) is 0 Å². The molecule has 2 aromatic rings. The maximum atomic E-state index is 5.35. The Morgan fingerprint density at radius 2 is 2.05 bits per heavy atom. The molecule has 0 spiro atoms. The predicted molar refractivity (Wildman–Crippen MR) is 87.1 cm³/mol. The van der Waals surface area contributed by atoms with Gasteiger partial charge in [0.25, 0.3) is 0 Å². The average molecular weight is 305 g/mol. The third-order valence-electron chi connectivity index (χ3n) is 2.96. The summed E-state index contributed by atoms with van der Waals surface area (Å²) in [5, 5.41) is 4.30. The number of nitrogens with one attached hydrogen (secondary N) is 1. The number of aryl methyl sites for hydroxylation is 1. The molecule has 1 N–H and O–H groups in total. The van der Waals surface area contributed by atoms with Gasteiger partial charge >= 0.3 is 0 Å². The van der Waals surface area contributed by atoms with Crippen LogP contribution in [0.4, 0.5) is 5.82 Å². The smallest absolute Gasteiger partial charge is 0.137 e. The van der Waals surface area contributed by atoms with Gasteiger partial charge in [0, 0.05) is 18.0 Å². The quantitative estimate of drug-likeness (QED) is 0.815. The zero-order chi connectivity index (χ0) is 15.5. The van der Waals surface area contributed by atoms with Crippen molar-refractivity contribution in [3.63, 3.8) is 0 Å². The summed E-state index contributed by atoms with van der Waals surface area (Å²) in [5.41, 5.74) is -0.0787. The van der Waals surface area contributed by atoms with Gasteiger partial charge in [-0.25, -0.2) is 9.97 Å². The molecule has 0 amide bonds. The second-order valence-corrected chi connectivity index (χ2v) is 7.10. The number of furan rings is 1. The van der Waals surface area contributed by atoms with Crippen LogP contribution in [0.5, 0.6) is 0 Å². The fraction of sp³-hybridized carbons (Fsp3) is 0.500. The molecule has 21 heavy (non-hydrogen) atoms. The Bertz CT molecular complexity index is 602. The van der Waals surface area contributed by atoms with Crippen LogP contribution in [0.3, 0.4) is 0 Å². The first-order chi connectivity index (χ1) is 9.90. The fourth-order valence-electron chi connectivity index (χ4n) is 1.75. The lowest BCUT2D eigenvalue weighted by Gasteiger charge is -2.18. The Hall–Kier alpha value is -1.49. The predicted octanol–water partition coefficient (Wildman–Crippen LogP) is 4.65. The Morgan fingerprint density at radius 3 is 2.62 bits per heavy atom. The molecule has 0 saturated heterocycles. The van der Waals surface area contributed by atoms with Gasteiger partial charge in [0.15, 0.2) is 0 Å². The zero-order valence-electron chi connectivity index (χ0n) is 13.4. The minimum Gasteiger partial charge on any atom is -0.468 e. The Morgan fingerprint density at radius 1 is 1.29 bits per heavy atom. The third-order valence-corrected chi connectivity index (χ3v) is 4.02. The number of anilines is 1. The highest BCUT2D eigenvalue weighted by Crippen LogP contribution is 2.32. The lowest BCUT2D eigenvalue weighted by Crippen LogP contribution is -2.17. The van der Waals surface area contributed by atoms with Crippen LogP contribution in [0, 0.1) is 6.92 Å². The summed E-state index contributed by atoms with van der Waals surface area (Å²) in [6, 6.07) is 3.97. The van der Waals surface area contributed by atoms with Crippen molar-refractivity contribution in [2.45, 2.75) is 56.4 Å². The van der Waals surface area contributed by atoms with Crippen molar-refractivity contribution < 1.29 is 4.42 Å². The molecule has 0 radical (unpaired) electrons. The number of rotatable bonds is 5. The summed E-state index contributed by atoms with van der Waals surface area (Å²) in [6.45, 7) is 11.4. The molecule has 0 atom stereocenters. The standard InChI is InChI=1S/C16H23N3OS/c1-6-8-17-13-10-14(19-15(18-13)16(3,4)5)21-12-7-9-20-11(12)2/h7,9-10H,6,8H2,1-5H3,(H,17,18,19). The van der Waals surface area contributed by atoms with Gasteiger partial charge < -0.3 is 9.73 Å². The third kappa shape index (κ3) is 4.24. The first-order valence-corrected chi connectivity index (χ1v) is 8.07. The number of hydrogen-bond acceptors (Lipinski definition) is 5. The van der Waals surface area contributed by atoms with Crippen molar-refractivity contribution in [2.75, 3.05) is 11.9 Å². The summed E-state index contributed by atoms with van der Waals surface area (Å²) < 4.78 is 5.35. The van der Waals surface area contributed by atoms with E-state index in [1.807, 2.05) is 19.1 Å². The van der Waals surface area contributed by atoms with Crippen molar-refractivity contribution in [1.82, 2.24) is 9.97 Å². The summed E-state index contributed by atoms with van der Waals surface area (Å²) in [5.74, 6) is 2.66. The average Bonchev–Trinajstić information content (AvgIpc) is 2.81. The van der Waals surface area contributed by atoms with E-state index in [1.54, 1.807) is 18.0 Å². The number of hydrogen-bond donors (Lipinski definition) is 1. The van der Waals surface area contributed by atoms with E-state index in [9.17, 15) is 0 Å². The minimum atomic E-state index is -0.0787. The van der Waals surface area contributed by atoms with Gasteiger partial charge in [-0.2, -0.15) is 0 Å². The van der Waals surface area contributed by atoms with Crippen LogP contribution in [-0.4, -0.2) is 16.5 Å². The molecule has 2 heterocycles. The SMILES string of the molecule is CCCNc1cc(Sc2ccoc2C)nc(C(C)(C)C)n1. The largest absolute Gasteiger partial charge is 0.468 e. The normalized spacial score (nSPS) is 11.7. The summed E-state index contributed by atoms with van der Waals surface area (Å²) in [7, 11) is 0. The topological polar surface area (TPSA) is 51.0 Å². The van der Waals surface area contributed by atoms with Crippen LogP contribution in [-0.2, 0) is 5.41 Å². The lowest BCUT2D eigenvalue weighted by atomic mass is 9.96. The van der Waals surface area contributed by atoms with E-state index in [4.69, 9.17) is 9.40 Å². The molecule has 114 valence electrons. The molecular weight excluding hydrogens is 282 g/mol. The second-order valence-electron chi connectivity index (χ2n) is 6.03. The van der Waals surface area contributed by atoms with E-state index >= 15 is 0 Å². The van der Waals surface area contributed by atoms with Crippen molar-refractivity contribution >= 4 is 17.6 Å². The first-order valence-electron chi connectivity index (χ1n) is 7.25. The van der Waals surface area contributed by atoms with E-state index in [0.717, 1.165) is 40.3 Å². The highest BCUT2D eigenvalue weighted by Gasteiger charge is 2.19. The molecule has 2 aromatic heterocycles. The first kappa shape index (κ1) is 15.9. The molecule has 4 nitrogen and oxygen atoms in total. The highest BCUT2D eigenvalue weighted by atomic mass is 32.2. The number of aromatic nitrogens is 2. The molecular formula is C16H23N3OS. The van der Waals surface area contributed by atoms with Gasteiger partial charge in [-0.3, -0.25) is 0 Å². The molecule has 0 aromatic carbocycles. The van der Waals surface area contributed by atoms with E-state index in [1.165, 1.54) is 0 Å². The van der Waals surface area contributed by atoms with Gasteiger partial charge in [0.05, 0.1) is 11.2 Å². The van der Waals surface area contributed by atoms with Crippen molar-refractivity contribution in [3.8, 4) is 0 Å². The van der Waals surface area contributed by atoms with Gasteiger partial charge in [-0.15, -0.1) is 0 Å². The van der Waals surface area contributed by atoms with Crippen LogP contribution in [0.25, 0.3) is 0 Å². The fourth-order valence-corrected chi connectivity index (χ4v) is 2.59. The van der Waals surface area contributed by atoms with Gasteiger partial charge in [-0.1, -0.05) is 39.5 Å². The Kier molecular flexibility index (Phi) is 4.93. The van der Waals surface area contributed by atoms with Gasteiger partial charge in [0.2, 0.25) is 0 Å². The second kappa shape index (κ2) is 6.52. The molecule has 0 aliphatic rings. The minimum absolute atomic E-state index is 0.0787. The maximum Gasteiger partial charge on any atom is 0.137 e. The molecule has 0 aliphatic heterocycles. The van der Waals surface area contributed by atoms with Crippen LogP contribution in [0.2, 0.25) is 0 Å². The van der Waals surface area contributed by atoms with Gasteiger partial charge in [-0.05, 0) is 19.4 Å². The van der Waals surface area contributed by atoms with Crippen LogP contribution in [0.1, 0.15) is 45.7 Å². The van der Waals surface area contributed by atoms with E-state index in [0.29, 0.717) is 0 Å². The molecule has 5 heteroatoms. The summed E-state index contributed by atoms with van der Waals surface area (Å²) in [6.07, 6.45) is 2.78. The molecule has 0 fully saturated rings. The van der Waals surface area contributed by atoms with Crippen molar-refractivity contribution in [2.24, 2.45) is 0 Å². The summed E-state index contributed by atoms with van der Waals surface area (Å²) >= 11 is 1.61. The Balaban J connectivity index is 2.33. The van der Waals surface area contributed by atoms with E-state index in [-0.39, 0.29) is 5.41 Å². The number of nitrogens with zero attached hydrogens (tertiary/aromatic N) is 2. The maximum absolute atomic E-state index is 5.35. The Labute approximate surface area is 130 Å². The molecule has 0 saturated carbocycles. The highest BCUT2D eigenvalue weighted by molar-refractivity contribution is 7.99. The van der Waals surface area contributed by atoms with Crippen LogP contribution >= 0.6 is 11.8 Å². The van der Waals surface area contributed by atoms with Gasteiger partial charge in [0.1, 0.15) is 22.4 Å². The zero-order valence-corrected chi connectivity index (χ0v) is 14.2. The van der Waals surface area contributed by atoms with E-state index < -0.39 is 0 Å². The van der Waals surface area contributed by atoms with Crippen LogP contribution in [0.15, 0.2) is 32.7 Å². The molecule has 0 aliphatic carbocycles. The van der Waals surface area contributed by atoms with E-state index in [2.05, 4.69) is 38.0 Å². The lowest BCUT2D eigenvalue weighted by molar-refractivity contribution is 0.526.